The summed E-state index contributed by atoms with van der Waals surface area (Å²) in [6, 6.07) is 0.661. The van der Waals surface area contributed by atoms with Crippen LogP contribution in [0, 0.1) is 5.92 Å². The molecule has 2 atom stereocenters. The first-order valence-corrected chi connectivity index (χ1v) is 8.39. The van der Waals surface area contributed by atoms with Crippen molar-refractivity contribution in [1.29, 1.82) is 0 Å². The molecule has 3 aliphatic rings. The van der Waals surface area contributed by atoms with Gasteiger partial charge in [0.2, 0.25) is 7.65 Å². The molecule has 16 heavy (non-hydrogen) atoms. The zero-order valence-electron chi connectivity index (χ0n) is 9.65. The third kappa shape index (κ3) is 3.30. The molecule has 3 rings (SSSR count). The van der Waals surface area contributed by atoms with Gasteiger partial charge in [-0.15, -0.1) is 0 Å². The number of aliphatic hydroxyl groups excluding tert-OH is 1. The summed E-state index contributed by atoms with van der Waals surface area (Å²) >= 11 is 5.88. The van der Waals surface area contributed by atoms with Crippen LogP contribution >= 0.6 is 18.9 Å². The topological polar surface area (TPSA) is 32.7 Å². The molecule has 1 saturated carbocycles. The number of nitrogens with zero attached hydrogens (tertiary/aromatic N) is 1. The van der Waals surface area contributed by atoms with E-state index < -0.39 is 7.65 Å². The molecule has 0 bridgehead atoms. The summed E-state index contributed by atoms with van der Waals surface area (Å²) in [6.07, 6.45) is 7.79. The standard InChI is InChI=1S/C6H12O.C5H9ClNOP/c7-5-6-3-1-2-4-6;6-9-7-3-1-2-5(7)4-8-9/h6-7H,1-5H2;5H,1-4H2/t;5-,9?/m.0/s1. The van der Waals surface area contributed by atoms with Crippen molar-refractivity contribution in [3.8, 4) is 0 Å². The molecule has 2 heterocycles. The first-order chi connectivity index (χ1) is 7.81. The van der Waals surface area contributed by atoms with Crippen molar-refractivity contribution < 1.29 is 9.63 Å². The van der Waals surface area contributed by atoms with Crippen molar-refractivity contribution in [3.05, 3.63) is 0 Å². The molecule has 94 valence electrons. The zero-order valence-corrected chi connectivity index (χ0v) is 11.3. The fourth-order valence-electron chi connectivity index (χ4n) is 2.61. The van der Waals surface area contributed by atoms with E-state index in [1.54, 1.807) is 0 Å². The molecular weight excluding hydrogens is 245 g/mol. The van der Waals surface area contributed by atoms with Crippen molar-refractivity contribution in [2.45, 2.75) is 44.6 Å². The number of rotatable bonds is 1. The van der Waals surface area contributed by atoms with E-state index in [1.165, 1.54) is 38.5 Å². The van der Waals surface area contributed by atoms with Gasteiger partial charge in [0, 0.05) is 19.2 Å². The Balaban J connectivity index is 0.000000125. The summed E-state index contributed by atoms with van der Waals surface area (Å²) in [6.45, 7) is 2.44. The molecule has 0 radical (unpaired) electrons. The lowest BCUT2D eigenvalue weighted by molar-refractivity contribution is 0.230. The van der Waals surface area contributed by atoms with Crippen LogP contribution in [0.25, 0.3) is 0 Å². The largest absolute Gasteiger partial charge is 0.396 e. The molecule has 2 saturated heterocycles. The third-order valence-corrected chi connectivity index (χ3v) is 5.82. The maximum atomic E-state index is 8.57. The predicted octanol–water partition coefficient (Wildman–Crippen LogP) is 3.12. The van der Waals surface area contributed by atoms with E-state index in [0.29, 0.717) is 18.6 Å². The fourth-order valence-corrected chi connectivity index (χ4v) is 4.56. The normalized spacial score (nSPS) is 34.9. The average Bonchev–Trinajstić information content (AvgIpc) is 2.99. The van der Waals surface area contributed by atoms with Crippen molar-refractivity contribution in [3.63, 3.8) is 0 Å². The van der Waals surface area contributed by atoms with Crippen LogP contribution in [0.2, 0.25) is 0 Å². The van der Waals surface area contributed by atoms with E-state index in [4.69, 9.17) is 20.9 Å². The summed E-state index contributed by atoms with van der Waals surface area (Å²) in [7, 11) is -0.700. The van der Waals surface area contributed by atoms with Gasteiger partial charge in [0.1, 0.15) is 0 Å². The van der Waals surface area contributed by atoms with E-state index in [0.717, 1.165) is 13.2 Å². The molecule has 2 aliphatic heterocycles. The number of halogens is 1. The molecule has 5 heteroatoms. The lowest BCUT2D eigenvalue weighted by atomic mass is 10.1. The first-order valence-electron chi connectivity index (χ1n) is 6.27. The summed E-state index contributed by atoms with van der Waals surface area (Å²) in [5, 5.41) is 8.57. The monoisotopic (exact) mass is 265 g/mol. The summed E-state index contributed by atoms with van der Waals surface area (Å²) in [5.41, 5.74) is 0. The molecule has 1 unspecified atom stereocenters. The average molecular weight is 266 g/mol. The van der Waals surface area contributed by atoms with E-state index in [-0.39, 0.29) is 0 Å². The van der Waals surface area contributed by atoms with Gasteiger partial charge in [0.05, 0.1) is 6.61 Å². The number of fused-ring (bicyclic) bond motifs is 1. The first kappa shape index (κ1) is 13.0. The maximum Gasteiger partial charge on any atom is 0.207 e. The Hall–Kier alpha value is 0.600. The SMILES string of the molecule is ClP1OC[C@@H]2CCCN21.OCC1CCCC1. The van der Waals surface area contributed by atoms with Crippen LogP contribution in [0.3, 0.4) is 0 Å². The fraction of sp³-hybridized carbons (Fsp3) is 1.00. The second-order valence-electron chi connectivity index (χ2n) is 4.81. The molecule has 0 aromatic rings. The quantitative estimate of drug-likeness (QED) is 0.740. The summed E-state index contributed by atoms with van der Waals surface area (Å²) < 4.78 is 7.56. The summed E-state index contributed by atoms with van der Waals surface area (Å²) in [5.74, 6) is 0.653. The molecule has 1 N–H and O–H groups in total. The third-order valence-electron chi connectivity index (χ3n) is 3.65. The maximum absolute atomic E-state index is 8.57. The van der Waals surface area contributed by atoms with Crippen LogP contribution in [0.1, 0.15) is 38.5 Å². The predicted molar refractivity (Wildman–Crippen MR) is 67.5 cm³/mol. The zero-order chi connectivity index (χ0) is 11.4. The molecule has 0 amide bonds. The van der Waals surface area contributed by atoms with Gasteiger partial charge in [-0.05, 0) is 42.8 Å². The van der Waals surface area contributed by atoms with Gasteiger partial charge in [0.25, 0.3) is 0 Å². The Morgan fingerprint density at radius 1 is 1.25 bits per heavy atom. The lowest BCUT2D eigenvalue weighted by Gasteiger charge is -2.13. The van der Waals surface area contributed by atoms with Crippen LogP contribution < -0.4 is 0 Å². The van der Waals surface area contributed by atoms with Crippen molar-refractivity contribution in [2.75, 3.05) is 19.8 Å². The highest BCUT2D eigenvalue weighted by atomic mass is 35.7. The van der Waals surface area contributed by atoms with Crippen molar-refractivity contribution in [2.24, 2.45) is 5.92 Å². The Morgan fingerprint density at radius 3 is 2.56 bits per heavy atom. The molecule has 0 aromatic heterocycles. The highest BCUT2D eigenvalue weighted by molar-refractivity contribution is 7.78. The van der Waals surface area contributed by atoms with E-state index in [1.807, 2.05) is 0 Å². The molecule has 0 spiro atoms. The van der Waals surface area contributed by atoms with Crippen LogP contribution in [0.15, 0.2) is 0 Å². The van der Waals surface area contributed by atoms with E-state index >= 15 is 0 Å². The van der Waals surface area contributed by atoms with E-state index in [2.05, 4.69) is 4.67 Å². The highest BCUT2D eigenvalue weighted by Crippen LogP contribution is 2.55. The molecule has 1 aliphatic carbocycles. The second-order valence-corrected chi connectivity index (χ2v) is 6.91. The second kappa shape index (κ2) is 6.51. The molecule has 0 aromatic carbocycles. The minimum absolute atomic E-state index is 0.417. The van der Waals surface area contributed by atoms with Crippen molar-refractivity contribution >= 4 is 18.9 Å². The van der Waals surface area contributed by atoms with Gasteiger partial charge in [0.15, 0.2) is 0 Å². The minimum Gasteiger partial charge on any atom is -0.396 e. The Kier molecular flexibility index (Phi) is 5.31. The smallest absolute Gasteiger partial charge is 0.207 e. The van der Waals surface area contributed by atoms with Crippen LogP contribution in [0.5, 0.6) is 0 Å². The van der Waals surface area contributed by atoms with Gasteiger partial charge in [-0.1, -0.05) is 12.8 Å². The molecule has 3 nitrogen and oxygen atoms in total. The van der Waals surface area contributed by atoms with Gasteiger partial charge < -0.3 is 9.63 Å². The number of hydrogen-bond acceptors (Lipinski definition) is 3. The van der Waals surface area contributed by atoms with Crippen LogP contribution in [-0.4, -0.2) is 35.6 Å². The van der Waals surface area contributed by atoms with Gasteiger partial charge in [-0.2, -0.15) is 0 Å². The van der Waals surface area contributed by atoms with Crippen LogP contribution in [-0.2, 0) is 4.52 Å². The molecule has 3 fully saturated rings. The van der Waals surface area contributed by atoms with Gasteiger partial charge in [-0.25, -0.2) is 4.67 Å². The van der Waals surface area contributed by atoms with Crippen molar-refractivity contribution in [1.82, 2.24) is 4.67 Å². The molecular formula is C11H21ClNO2P. The lowest BCUT2D eigenvalue weighted by Crippen LogP contribution is -2.18. The van der Waals surface area contributed by atoms with Crippen LogP contribution in [0.4, 0.5) is 0 Å². The summed E-state index contributed by atoms with van der Waals surface area (Å²) in [4.78, 5) is 0. The van der Waals surface area contributed by atoms with Gasteiger partial charge in [-0.3, -0.25) is 0 Å². The van der Waals surface area contributed by atoms with E-state index in [9.17, 15) is 0 Å². The highest BCUT2D eigenvalue weighted by Gasteiger charge is 2.37. The number of aliphatic hydroxyl groups is 1. The Labute approximate surface area is 104 Å². The Bertz CT molecular complexity index is 214. The Morgan fingerprint density at radius 2 is 2.00 bits per heavy atom. The number of hydrogen-bond donors (Lipinski definition) is 1. The minimum atomic E-state index is -0.700. The van der Waals surface area contributed by atoms with Gasteiger partial charge >= 0.3 is 0 Å².